The number of benzene rings is 1. The Labute approximate surface area is 153 Å². The van der Waals surface area contributed by atoms with E-state index >= 15 is 0 Å². The van der Waals surface area contributed by atoms with E-state index < -0.39 is 9.84 Å². The lowest BCUT2D eigenvalue weighted by Gasteiger charge is -2.21. The Morgan fingerprint density at radius 1 is 1.23 bits per heavy atom. The lowest BCUT2D eigenvalue weighted by Crippen LogP contribution is -2.35. The van der Waals surface area contributed by atoms with Crippen LogP contribution < -0.4 is 10.2 Å². The van der Waals surface area contributed by atoms with Crippen molar-refractivity contribution in [2.24, 2.45) is 0 Å². The SMILES string of the molecule is CCN(Cc1ccccc1)c1ncc(C(=O)NC2CCS(=O)(=O)C2)cn1. The van der Waals surface area contributed by atoms with Crippen LogP contribution in [0.4, 0.5) is 5.95 Å². The third-order valence-electron chi connectivity index (χ3n) is 4.35. The Bertz CT molecular complexity index is 854. The van der Waals surface area contributed by atoms with Gasteiger partial charge in [-0.25, -0.2) is 18.4 Å². The maximum absolute atomic E-state index is 12.3. The summed E-state index contributed by atoms with van der Waals surface area (Å²) in [5, 5.41) is 2.74. The first-order valence-electron chi connectivity index (χ1n) is 8.59. The van der Waals surface area contributed by atoms with Gasteiger partial charge >= 0.3 is 0 Å². The molecule has 0 aliphatic carbocycles. The fourth-order valence-electron chi connectivity index (χ4n) is 2.91. The van der Waals surface area contributed by atoms with Crippen LogP contribution in [0.25, 0.3) is 0 Å². The zero-order chi connectivity index (χ0) is 18.6. The number of carbonyl (C=O) groups excluding carboxylic acids is 1. The maximum atomic E-state index is 12.3. The Morgan fingerprint density at radius 3 is 2.50 bits per heavy atom. The molecule has 1 atom stereocenters. The highest BCUT2D eigenvalue weighted by atomic mass is 32.2. The van der Waals surface area contributed by atoms with Gasteiger partial charge in [0.25, 0.3) is 5.91 Å². The van der Waals surface area contributed by atoms with E-state index in [0.29, 0.717) is 24.5 Å². The predicted molar refractivity (Wildman–Crippen MR) is 99.7 cm³/mol. The molecular formula is C18H22N4O3S. The van der Waals surface area contributed by atoms with Crippen molar-refractivity contribution < 1.29 is 13.2 Å². The minimum absolute atomic E-state index is 0.00162. The molecule has 0 spiro atoms. The zero-order valence-corrected chi connectivity index (χ0v) is 15.4. The summed E-state index contributed by atoms with van der Waals surface area (Å²) in [5.41, 5.74) is 1.48. The van der Waals surface area contributed by atoms with Crippen molar-refractivity contribution in [3.05, 3.63) is 53.9 Å². The number of hydrogen-bond acceptors (Lipinski definition) is 6. The third kappa shape index (κ3) is 4.57. The number of aromatic nitrogens is 2. The third-order valence-corrected chi connectivity index (χ3v) is 6.12. The first-order valence-corrected chi connectivity index (χ1v) is 10.4. The summed E-state index contributed by atoms with van der Waals surface area (Å²) in [6.45, 7) is 3.44. The van der Waals surface area contributed by atoms with E-state index in [1.807, 2.05) is 42.2 Å². The van der Waals surface area contributed by atoms with Gasteiger partial charge in [-0.2, -0.15) is 0 Å². The van der Waals surface area contributed by atoms with Crippen molar-refractivity contribution in [3.63, 3.8) is 0 Å². The van der Waals surface area contributed by atoms with Gasteiger partial charge in [-0.3, -0.25) is 4.79 Å². The molecule has 7 nitrogen and oxygen atoms in total. The van der Waals surface area contributed by atoms with Gasteiger partial charge < -0.3 is 10.2 Å². The molecule has 26 heavy (non-hydrogen) atoms. The van der Waals surface area contributed by atoms with Crippen LogP contribution in [-0.4, -0.2) is 48.4 Å². The fraction of sp³-hybridized carbons (Fsp3) is 0.389. The highest BCUT2D eigenvalue weighted by Crippen LogP contribution is 2.14. The molecule has 1 fully saturated rings. The number of nitrogens with zero attached hydrogens (tertiary/aromatic N) is 3. The minimum atomic E-state index is -3.03. The topological polar surface area (TPSA) is 92.3 Å². The summed E-state index contributed by atoms with van der Waals surface area (Å²) in [4.78, 5) is 22.9. The number of amides is 1. The van der Waals surface area contributed by atoms with Crippen molar-refractivity contribution in [1.29, 1.82) is 0 Å². The molecule has 1 aromatic carbocycles. The van der Waals surface area contributed by atoms with Gasteiger partial charge in [0.15, 0.2) is 9.84 Å². The predicted octanol–water partition coefficient (Wildman–Crippen LogP) is 1.42. The van der Waals surface area contributed by atoms with Gasteiger partial charge in [0.2, 0.25) is 5.95 Å². The molecule has 2 aromatic rings. The van der Waals surface area contributed by atoms with Crippen LogP contribution in [0.5, 0.6) is 0 Å². The Balaban J connectivity index is 1.64. The quantitative estimate of drug-likeness (QED) is 0.822. The average molecular weight is 374 g/mol. The Hall–Kier alpha value is -2.48. The molecule has 3 rings (SSSR count). The molecule has 1 aliphatic rings. The van der Waals surface area contributed by atoms with E-state index in [4.69, 9.17) is 0 Å². The summed E-state index contributed by atoms with van der Waals surface area (Å²) >= 11 is 0. The van der Waals surface area contributed by atoms with Crippen molar-refractivity contribution >= 4 is 21.7 Å². The van der Waals surface area contributed by atoms with E-state index in [0.717, 1.165) is 12.1 Å². The van der Waals surface area contributed by atoms with Gasteiger partial charge in [-0.05, 0) is 18.9 Å². The van der Waals surface area contributed by atoms with Gasteiger partial charge in [-0.1, -0.05) is 30.3 Å². The first-order chi connectivity index (χ1) is 12.5. The normalized spacial score (nSPS) is 18.4. The largest absolute Gasteiger partial charge is 0.348 e. The first kappa shape index (κ1) is 18.3. The second kappa shape index (κ2) is 7.82. The van der Waals surface area contributed by atoms with Crippen LogP contribution in [0.3, 0.4) is 0 Å². The molecule has 2 heterocycles. The molecule has 1 amide bonds. The molecule has 0 saturated carbocycles. The fourth-order valence-corrected chi connectivity index (χ4v) is 4.58. The average Bonchev–Trinajstić information content (AvgIpc) is 2.99. The van der Waals surface area contributed by atoms with Crippen LogP contribution in [-0.2, 0) is 16.4 Å². The summed E-state index contributed by atoms with van der Waals surface area (Å²) in [5.74, 6) is 0.331. The molecule has 0 radical (unpaired) electrons. The number of nitrogens with one attached hydrogen (secondary N) is 1. The zero-order valence-electron chi connectivity index (χ0n) is 14.6. The van der Waals surface area contributed by atoms with E-state index in [2.05, 4.69) is 15.3 Å². The molecule has 1 saturated heterocycles. The van der Waals surface area contributed by atoms with Gasteiger partial charge in [-0.15, -0.1) is 0 Å². The highest BCUT2D eigenvalue weighted by molar-refractivity contribution is 7.91. The number of anilines is 1. The van der Waals surface area contributed by atoms with Crippen LogP contribution >= 0.6 is 0 Å². The summed E-state index contributed by atoms with van der Waals surface area (Å²) in [6, 6.07) is 9.69. The Morgan fingerprint density at radius 2 is 1.92 bits per heavy atom. The number of rotatable bonds is 6. The number of carbonyl (C=O) groups is 1. The standard InChI is InChI=1S/C18H22N4O3S/c1-2-22(12-14-6-4-3-5-7-14)18-19-10-15(11-20-18)17(23)21-16-8-9-26(24,25)13-16/h3-7,10-11,16H,2,8-9,12-13H2,1H3,(H,21,23). The summed E-state index contributed by atoms with van der Waals surface area (Å²) in [6.07, 6.45) is 3.41. The van der Waals surface area contributed by atoms with Crippen LogP contribution in [0.1, 0.15) is 29.3 Å². The smallest absolute Gasteiger partial charge is 0.254 e. The lowest BCUT2D eigenvalue weighted by atomic mass is 10.2. The van der Waals surface area contributed by atoms with Gasteiger partial charge in [0.1, 0.15) is 0 Å². The monoisotopic (exact) mass is 374 g/mol. The molecule has 0 bridgehead atoms. The molecule has 1 N–H and O–H groups in total. The van der Waals surface area contributed by atoms with Crippen LogP contribution in [0.2, 0.25) is 0 Å². The lowest BCUT2D eigenvalue weighted by molar-refractivity contribution is 0.0940. The molecule has 138 valence electrons. The maximum Gasteiger partial charge on any atom is 0.254 e. The second-order valence-corrected chi connectivity index (χ2v) is 8.57. The summed E-state index contributed by atoms with van der Waals surface area (Å²) in [7, 11) is -3.03. The van der Waals surface area contributed by atoms with Crippen LogP contribution in [0.15, 0.2) is 42.7 Å². The second-order valence-electron chi connectivity index (χ2n) is 6.34. The van der Waals surface area contributed by atoms with Gasteiger partial charge in [0.05, 0.1) is 17.1 Å². The van der Waals surface area contributed by atoms with E-state index in [1.165, 1.54) is 12.4 Å². The van der Waals surface area contributed by atoms with Gasteiger partial charge in [0, 0.05) is 31.5 Å². The molecule has 1 aromatic heterocycles. The van der Waals surface area contributed by atoms with Crippen molar-refractivity contribution in [2.45, 2.75) is 25.9 Å². The molecule has 8 heteroatoms. The van der Waals surface area contributed by atoms with Crippen molar-refractivity contribution in [1.82, 2.24) is 15.3 Å². The molecule has 1 aliphatic heterocycles. The van der Waals surface area contributed by atoms with E-state index in [9.17, 15) is 13.2 Å². The number of hydrogen-bond donors (Lipinski definition) is 1. The summed E-state index contributed by atoms with van der Waals surface area (Å²) < 4.78 is 23.0. The van der Waals surface area contributed by atoms with Crippen molar-refractivity contribution in [3.8, 4) is 0 Å². The number of sulfone groups is 1. The van der Waals surface area contributed by atoms with Crippen molar-refractivity contribution in [2.75, 3.05) is 23.0 Å². The van der Waals surface area contributed by atoms with Crippen LogP contribution in [0, 0.1) is 0 Å². The molecule has 1 unspecified atom stereocenters. The molecular weight excluding hydrogens is 352 g/mol. The highest BCUT2D eigenvalue weighted by Gasteiger charge is 2.29. The van der Waals surface area contributed by atoms with E-state index in [1.54, 1.807) is 0 Å². The Kier molecular flexibility index (Phi) is 5.51. The van der Waals surface area contributed by atoms with E-state index in [-0.39, 0.29) is 23.5 Å². The minimum Gasteiger partial charge on any atom is -0.348 e.